The summed E-state index contributed by atoms with van der Waals surface area (Å²) in [6, 6.07) is 28.2. The minimum Gasteiger partial charge on any atom is -0.482 e. The molecule has 2 atom stereocenters. The summed E-state index contributed by atoms with van der Waals surface area (Å²) in [6.07, 6.45) is 0. The van der Waals surface area contributed by atoms with Crippen LogP contribution in [0.4, 0.5) is 10.1 Å². The van der Waals surface area contributed by atoms with Crippen LogP contribution in [0.3, 0.4) is 0 Å². The van der Waals surface area contributed by atoms with Crippen LogP contribution in [0.25, 0.3) is 22.3 Å². The van der Waals surface area contributed by atoms with Crippen LogP contribution in [-0.4, -0.2) is 52.4 Å². The van der Waals surface area contributed by atoms with Crippen LogP contribution in [0.15, 0.2) is 97.1 Å². The second kappa shape index (κ2) is 12.3. The zero-order valence-corrected chi connectivity index (χ0v) is 23.1. The summed E-state index contributed by atoms with van der Waals surface area (Å²) in [7, 11) is 0. The zero-order valence-electron chi connectivity index (χ0n) is 23.1. The summed E-state index contributed by atoms with van der Waals surface area (Å²) in [6.45, 7) is 5.76. The van der Waals surface area contributed by atoms with Crippen LogP contribution >= 0.6 is 0 Å². The van der Waals surface area contributed by atoms with Crippen molar-refractivity contribution in [2.75, 3.05) is 19.7 Å². The molecule has 0 radical (unpaired) electrons. The Morgan fingerprint density at radius 3 is 1.98 bits per heavy atom. The van der Waals surface area contributed by atoms with E-state index in [4.69, 9.17) is 4.74 Å². The molecule has 4 aromatic rings. The van der Waals surface area contributed by atoms with Gasteiger partial charge in [-0.2, -0.15) is 0 Å². The third-order valence-corrected chi connectivity index (χ3v) is 7.53. The number of hydrogen-bond acceptors (Lipinski definition) is 5. The number of non-ortho nitro benzene ring substituents is 1. The Labute approximate surface area is 238 Å². The molecule has 4 aromatic carbocycles. The number of carbonyl (C=O) groups excluding carboxylic acids is 1. The van der Waals surface area contributed by atoms with Crippen molar-refractivity contribution in [3.63, 3.8) is 0 Å². The highest BCUT2D eigenvalue weighted by Crippen LogP contribution is 2.42. The first kappa shape index (κ1) is 28.0. The molecule has 5 rings (SSSR count). The second-order valence-corrected chi connectivity index (χ2v) is 10.4. The monoisotopic (exact) mass is 553 g/mol. The fraction of sp³-hybridized carbons (Fsp3) is 0.242. The number of amides is 1. The molecule has 1 aliphatic heterocycles. The smallest absolute Gasteiger partial charge is 0.270 e. The molecule has 1 aliphatic rings. The minimum atomic E-state index is -0.414. The third-order valence-electron chi connectivity index (χ3n) is 7.53. The highest BCUT2D eigenvalue weighted by molar-refractivity contribution is 5.86. The van der Waals surface area contributed by atoms with E-state index in [1.807, 2.05) is 72.5 Å². The van der Waals surface area contributed by atoms with Crippen molar-refractivity contribution >= 4 is 11.6 Å². The molecule has 1 saturated heterocycles. The number of halogens is 1. The van der Waals surface area contributed by atoms with E-state index in [2.05, 4.69) is 11.8 Å². The Balaban J connectivity index is 1.39. The maximum atomic E-state index is 13.5. The molecule has 0 unspecified atom stereocenters. The Hall–Kier alpha value is -4.56. The van der Waals surface area contributed by atoms with Gasteiger partial charge in [-0.15, -0.1) is 0 Å². The fourth-order valence-electron chi connectivity index (χ4n) is 5.35. The maximum absolute atomic E-state index is 13.5. The highest BCUT2D eigenvalue weighted by Gasteiger charge is 2.32. The Kier molecular flexibility index (Phi) is 8.40. The summed E-state index contributed by atoms with van der Waals surface area (Å²) in [5.41, 5.74) is 3.59. The lowest BCUT2D eigenvalue weighted by molar-refractivity contribution is -0.384. The zero-order chi connectivity index (χ0) is 28.9. The van der Waals surface area contributed by atoms with E-state index < -0.39 is 4.92 Å². The first-order valence-corrected chi connectivity index (χ1v) is 13.6. The van der Waals surface area contributed by atoms with Gasteiger partial charge in [-0.25, -0.2) is 4.39 Å². The van der Waals surface area contributed by atoms with Gasteiger partial charge in [0.15, 0.2) is 6.61 Å². The molecule has 7 nitrogen and oxygen atoms in total. The number of carbonyl (C=O) groups is 1. The molecular weight excluding hydrogens is 521 g/mol. The van der Waals surface area contributed by atoms with Crippen molar-refractivity contribution in [1.82, 2.24) is 9.80 Å². The minimum absolute atomic E-state index is 0.0539. The average Bonchev–Trinajstić information content (AvgIpc) is 2.99. The van der Waals surface area contributed by atoms with Gasteiger partial charge in [-0.1, -0.05) is 72.8 Å². The topological polar surface area (TPSA) is 75.9 Å². The van der Waals surface area contributed by atoms with Gasteiger partial charge in [0.25, 0.3) is 11.6 Å². The van der Waals surface area contributed by atoms with Crippen molar-refractivity contribution in [2.24, 2.45) is 0 Å². The number of benzene rings is 4. The average molecular weight is 554 g/mol. The van der Waals surface area contributed by atoms with Crippen molar-refractivity contribution in [3.8, 4) is 28.0 Å². The first-order valence-electron chi connectivity index (χ1n) is 13.6. The third kappa shape index (κ3) is 6.44. The summed E-state index contributed by atoms with van der Waals surface area (Å²) in [5, 5.41) is 11.9. The molecule has 0 N–H and O–H groups in total. The summed E-state index contributed by atoms with van der Waals surface area (Å²) in [5.74, 6) is 0.0172. The van der Waals surface area contributed by atoms with Gasteiger partial charge in [0, 0.05) is 55.0 Å². The molecule has 8 heteroatoms. The lowest BCUT2D eigenvalue weighted by Gasteiger charge is -2.44. The molecule has 1 fully saturated rings. The summed E-state index contributed by atoms with van der Waals surface area (Å²) >= 11 is 0. The van der Waals surface area contributed by atoms with E-state index in [0.29, 0.717) is 36.5 Å². The Morgan fingerprint density at radius 1 is 0.878 bits per heavy atom. The molecule has 0 aliphatic carbocycles. The van der Waals surface area contributed by atoms with E-state index in [9.17, 15) is 19.3 Å². The van der Waals surface area contributed by atoms with Gasteiger partial charge in [0.1, 0.15) is 11.6 Å². The van der Waals surface area contributed by atoms with Gasteiger partial charge in [-0.05, 0) is 42.7 Å². The van der Waals surface area contributed by atoms with E-state index in [1.165, 1.54) is 24.3 Å². The van der Waals surface area contributed by atoms with E-state index in [-0.39, 0.29) is 36.1 Å². The molecule has 0 saturated carbocycles. The fourth-order valence-corrected chi connectivity index (χ4v) is 5.35. The van der Waals surface area contributed by atoms with Crippen molar-refractivity contribution in [1.29, 1.82) is 0 Å². The summed E-state index contributed by atoms with van der Waals surface area (Å²) < 4.78 is 19.6. The van der Waals surface area contributed by atoms with Crippen molar-refractivity contribution < 1.29 is 18.8 Å². The molecule has 210 valence electrons. The van der Waals surface area contributed by atoms with Gasteiger partial charge >= 0.3 is 0 Å². The number of ether oxygens (including phenoxy) is 1. The van der Waals surface area contributed by atoms with Gasteiger partial charge in [-0.3, -0.25) is 19.8 Å². The SMILES string of the molecule is C[C@@H]1CN(C(=O)COc2c(-c3ccccc3)cc([N+](=O)[O-])cc2-c2ccccc2)[C@@H](C)CN1Cc1ccc(F)cc1. The van der Waals surface area contributed by atoms with Crippen molar-refractivity contribution in [3.05, 3.63) is 119 Å². The van der Waals surface area contributed by atoms with E-state index in [1.54, 1.807) is 12.1 Å². The number of rotatable bonds is 8. The quantitative estimate of drug-likeness (QED) is 0.182. The normalized spacial score (nSPS) is 17.3. The van der Waals surface area contributed by atoms with Crippen LogP contribution in [0, 0.1) is 15.9 Å². The van der Waals surface area contributed by atoms with Crippen molar-refractivity contribution in [2.45, 2.75) is 32.5 Å². The predicted octanol–water partition coefficient (Wildman–Crippen LogP) is 6.57. The first-order chi connectivity index (χ1) is 19.8. The molecule has 1 heterocycles. The van der Waals surface area contributed by atoms with Crippen LogP contribution in [0.1, 0.15) is 19.4 Å². The highest BCUT2D eigenvalue weighted by atomic mass is 19.1. The lowest BCUT2D eigenvalue weighted by atomic mass is 9.96. The number of nitrogens with zero attached hydrogens (tertiary/aromatic N) is 3. The summed E-state index contributed by atoms with van der Waals surface area (Å²) in [4.78, 5) is 29.1. The lowest BCUT2D eigenvalue weighted by Crippen LogP contribution is -2.58. The molecule has 0 aromatic heterocycles. The number of nitro groups is 1. The molecule has 1 amide bonds. The van der Waals surface area contributed by atoms with Crippen LogP contribution in [0.5, 0.6) is 5.75 Å². The number of piperazine rings is 1. The van der Waals surface area contributed by atoms with Gasteiger partial charge < -0.3 is 9.64 Å². The number of hydrogen-bond donors (Lipinski definition) is 0. The predicted molar refractivity (Wildman–Crippen MR) is 157 cm³/mol. The van der Waals surface area contributed by atoms with E-state index >= 15 is 0 Å². The van der Waals surface area contributed by atoms with Crippen LogP contribution < -0.4 is 4.74 Å². The molecular formula is C33H32FN3O4. The largest absolute Gasteiger partial charge is 0.482 e. The van der Waals surface area contributed by atoms with E-state index in [0.717, 1.165) is 16.7 Å². The van der Waals surface area contributed by atoms with Gasteiger partial charge in [0.2, 0.25) is 0 Å². The Morgan fingerprint density at radius 2 is 1.44 bits per heavy atom. The molecule has 0 spiro atoms. The standard InChI is InChI=1S/C33H32FN3O4/c1-23-20-36(24(2)19-35(23)21-25-13-15-28(34)16-14-25)32(38)22-41-33-30(26-9-5-3-6-10-26)17-29(37(39)40)18-31(33)27-11-7-4-8-12-27/h3-18,23-24H,19-22H2,1-2H3/t23-,24+/m1/s1. The van der Waals surface area contributed by atoms with Crippen LogP contribution in [-0.2, 0) is 11.3 Å². The number of nitro benzene ring substituents is 1. The second-order valence-electron chi connectivity index (χ2n) is 10.4. The Bertz CT molecular complexity index is 1450. The maximum Gasteiger partial charge on any atom is 0.270 e. The molecule has 41 heavy (non-hydrogen) atoms. The van der Waals surface area contributed by atoms with Crippen LogP contribution in [0.2, 0.25) is 0 Å². The van der Waals surface area contributed by atoms with Gasteiger partial charge in [0.05, 0.1) is 4.92 Å². The molecule has 0 bridgehead atoms.